The second-order valence-electron chi connectivity index (χ2n) is 5.10. The number of hydrogen-bond donors (Lipinski definition) is 3. The summed E-state index contributed by atoms with van der Waals surface area (Å²) in [5.74, 6) is 1.35. The third kappa shape index (κ3) is 3.69. The molecule has 22 heavy (non-hydrogen) atoms. The molecule has 116 valence electrons. The van der Waals surface area contributed by atoms with E-state index in [0.29, 0.717) is 24.0 Å². The number of hydrogen-bond acceptors (Lipinski definition) is 3. The molecular formula is C17H21N3O2. The van der Waals surface area contributed by atoms with E-state index >= 15 is 0 Å². The van der Waals surface area contributed by atoms with E-state index in [1.807, 2.05) is 50.2 Å². The second kappa shape index (κ2) is 6.85. The molecule has 0 aliphatic rings. The molecule has 2 aromatic rings. The van der Waals surface area contributed by atoms with Crippen LogP contribution in [-0.4, -0.2) is 18.2 Å². The maximum Gasteiger partial charge on any atom is 0.193 e. The van der Waals surface area contributed by atoms with Crippen molar-refractivity contribution in [2.45, 2.75) is 20.4 Å². The summed E-state index contributed by atoms with van der Waals surface area (Å²) in [6.07, 6.45) is 0. The highest BCUT2D eigenvalue weighted by molar-refractivity contribution is 5.93. The van der Waals surface area contributed by atoms with E-state index in [0.717, 1.165) is 22.4 Å². The number of nitrogens with one attached hydrogen (secondary N) is 1. The summed E-state index contributed by atoms with van der Waals surface area (Å²) in [5, 5.41) is 12.8. The Morgan fingerprint density at radius 3 is 2.50 bits per heavy atom. The van der Waals surface area contributed by atoms with Crippen molar-refractivity contribution in [2.24, 2.45) is 10.7 Å². The Hall–Kier alpha value is -2.69. The number of aromatic hydroxyl groups is 1. The molecule has 5 heteroatoms. The lowest BCUT2D eigenvalue weighted by Crippen LogP contribution is -2.22. The first-order valence-corrected chi connectivity index (χ1v) is 7.00. The van der Waals surface area contributed by atoms with Crippen LogP contribution < -0.4 is 15.8 Å². The van der Waals surface area contributed by atoms with Crippen molar-refractivity contribution < 1.29 is 9.84 Å². The first-order chi connectivity index (χ1) is 10.5. The van der Waals surface area contributed by atoms with Gasteiger partial charge in [-0.3, -0.25) is 0 Å². The van der Waals surface area contributed by atoms with Crippen LogP contribution in [0, 0.1) is 13.8 Å². The van der Waals surface area contributed by atoms with Gasteiger partial charge in [-0.1, -0.05) is 24.3 Å². The molecule has 0 fully saturated rings. The van der Waals surface area contributed by atoms with Crippen LogP contribution in [-0.2, 0) is 6.54 Å². The van der Waals surface area contributed by atoms with E-state index in [2.05, 4.69) is 10.3 Å². The highest BCUT2D eigenvalue weighted by atomic mass is 16.5. The van der Waals surface area contributed by atoms with E-state index in [4.69, 9.17) is 10.5 Å². The van der Waals surface area contributed by atoms with Crippen LogP contribution in [0.15, 0.2) is 41.4 Å². The number of aryl methyl sites for hydroxylation is 2. The number of para-hydroxylation sites is 2. The van der Waals surface area contributed by atoms with Gasteiger partial charge in [0, 0.05) is 0 Å². The van der Waals surface area contributed by atoms with Gasteiger partial charge >= 0.3 is 0 Å². The van der Waals surface area contributed by atoms with E-state index in [1.165, 1.54) is 0 Å². The summed E-state index contributed by atoms with van der Waals surface area (Å²) < 4.78 is 5.25. The molecule has 5 nitrogen and oxygen atoms in total. The lowest BCUT2D eigenvalue weighted by molar-refractivity contribution is 0.417. The zero-order valence-corrected chi connectivity index (χ0v) is 13.1. The van der Waals surface area contributed by atoms with Crippen molar-refractivity contribution in [1.82, 2.24) is 0 Å². The van der Waals surface area contributed by atoms with Gasteiger partial charge in [0.15, 0.2) is 5.96 Å². The number of phenols is 1. The highest BCUT2D eigenvalue weighted by Crippen LogP contribution is 2.24. The Kier molecular flexibility index (Phi) is 4.88. The van der Waals surface area contributed by atoms with Gasteiger partial charge in [0.1, 0.15) is 11.5 Å². The summed E-state index contributed by atoms with van der Waals surface area (Å²) in [5.41, 5.74) is 9.35. The van der Waals surface area contributed by atoms with Crippen LogP contribution in [0.4, 0.5) is 5.69 Å². The Bertz CT molecular complexity index is 673. The number of ether oxygens (including phenoxy) is 1. The fourth-order valence-electron chi connectivity index (χ4n) is 2.24. The minimum absolute atomic E-state index is 0.313. The van der Waals surface area contributed by atoms with Crippen LogP contribution in [0.3, 0.4) is 0 Å². The molecule has 0 unspecified atom stereocenters. The smallest absolute Gasteiger partial charge is 0.193 e. The number of anilines is 1. The largest absolute Gasteiger partial charge is 0.507 e. The number of rotatable bonds is 4. The normalized spacial score (nSPS) is 11.3. The Labute approximate surface area is 130 Å². The Balaban J connectivity index is 2.10. The molecule has 0 aromatic heterocycles. The van der Waals surface area contributed by atoms with Gasteiger partial charge in [0.25, 0.3) is 0 Å². The van der Waals surface area contributed by atoms with Crippen molar-refractivity contribution in [3.8, 4) is 11.5 Å². The van der Waals surface area contributed by atoms with Crippen LogP contribution >= 0.6 is 0 Å². The number of nitrogens with two attached hydrogens (primary N) is 1. The van der Waals surface area contributed by atoms with Crippen LogP contribution in [0.5, 0.6) is 11.5 Å². The van der Waals surface area contributed by atoms with Gasteiger partial charge < -0.3 is 20.9 Å². The van der Waals surface area contributed by atoms with Crippen molar-refractivity contribution in [2.75, 3.05) is 12.4 Å². The zero-order valence-electron chi connectivity index (χ0n) is 13.1. The number of nitrogens with zero attached hydrogens (tertiary/aromatic N) is 1. The molecule has 0 atom stereocenters. The first-order valence-electron chi connectivity index (χ1n) is 7.00. The number of aliphatic imine (C=N–C) groups is 1. The van der Waals surface area contributed by atoms with Gasteiger partial charge in [-0.05, 0) is 42.7 Å². The number of phenolic OH excluding ortho intramolecular Hbond substituents is 1. The molecular weight excluding hydrogens is 278 g/mol. The quantitative estimate of drug-likeness (QED) is 0.599. The average Bonchev–Trinajstić information content (AvgIpc) is 2.51. The van der Waals surface area contributed by atoms with E-state index in [1.54, 1.807) is 7.11 Å². The summed E-state index contributed by atoms with van der Waals surface area (Å²) in [4.78, 5) is 4.32. The predicted octanol–water partition coefficient (Wildman–Crippen LogP) is 2.94. The molecule has 0 spiro atoms. The first kappa shape index (κ1) is 15.7. The van der Waals surface area contributed by atoms with Gasteiger partial charge in [-0.25, -0.2) is 4.99 Å². The number of guanidine groups is 1. The van der Waals surface area contributed by atoms with E-state index in [9.17, 15) is 5.11 Å². The molecule has 0 saturated carbocycles. The molecule has 2 aromatic carbocycles. The molecule has 0 aliphatic carbocycles. The van der Waals surface area contributed by atoms with Crippen molar-refractivity contribution in [3.63, 3.8) is 0 Å². The summed E-state index contributed by atoms with van der Waals surface area (Å²) in [6, 6.07) is 11.3. The van der Waals surface area contributed by atoms with Crippen LogP contribution in [0.25, 0.3) is 0 Å². The van der Waals surface area contributed by atoms with Gasteiger partial charge in [-0.15, -0.1) is 0 Å². The van der Waals surface area contributed by atoms with Gasteiger partial charge in [0.2, 0.25) is 0 Å². The maximum atomic E-state index is 9.77. The predicted molar refractivity (Wildman–Crippen MR) is 89.5 cm³/mol. The molecule has 0 heterocycles. The summed E-state index contributed by atoms with van der Waals surface area (Å²) in [6.45, 7) is 4.17. The molecule has 0 aliphatic heterocycles. The molecule has 0 amide bonds. The van der Waals surface area contributed by atoms with Crippen LogP contribution in [0.2, 0.25) is 0 Å². The average molecular weight is 299 g/mol. The van der Waals surface area contributed by atoms with Crippen LogP contribution in [0.1, 0.15) is 16.7 Å². The SMILES string of the molecule is COc1ccccc1NC(N)=NCc1cc(C)c(O)c(C)c1. The second-order valence-corrected chi connectivity index (χ2v) is 5.10. The molecule has 0 bridgehead atoms. The molecule has 0 saturated heterocycles. The Morgan fingerprint density at radius 1 is 1.23 bits per heavy atom. The minimum atomic E-state index is 0.313. The molecule has 4 N–H and O–H groups in total. The van der Waals surface area contributed by atoms with Crippen molar-refractivity contribution >= 4 is 11.6 Å². The topological polar surface area (TPSA) is 79.9 Å². The lowest BCUT2D eigenvalue weighted by atomic mass is 10.1. The summed E-state index contributed by atoms with van der Waals surface area (Å²) >= 11 is 0. The monoisotopic (exact) mass is 299 g/mol. The zero-order chi connectivity index (χ0) is 16.1. The third-order valence-electron chi connectivity index (χ3n) is 3.35. The minimum Gasteiger partial charge on any atom is -0.507 e. The van der Waals surface area contributed by atoms with Gasteiger partial charge in [0.05, 0.1) is 19.3 Å². The molecule has 2 rings (SSSR count). The van der Waals surface area contributed by atoms with Gasteiger partial charge in [-0.2, -0.15) is 0 Å². The lowest BCUT2D eigenvalue weighted by Gasteiger charge is -2.10. The molecule has 0 radical (unpaired) electrons. The highest BCUT2D eigenvalue weighted by Gasteiger charge is 2.04. The fourth-order valence-corrected chi connectivity index (χ4v) is 2.24. The van der Waals surface area contributed by atoms with E-state index < -0.39 is 0 Å². The maximum absolute atomic E-state index is 9.77. The van der Waals surface area contributed by atoms with Crippen molar-refractivity contribution in [3.05, 3.63) is 53.1 Å². The summed E-state index contributed by atoms with van der Waals surface area (Å²) in [7, 11) is 1.61. The third-order valence-corrected chi connectivity index (χ3v) is 3.35. The Morgan fingerprint density at radius 2 is 1.86 bits per heavy atom. The fraction of sp³-hybridized carbons (Fsp3) is 0.235. The van der Waals surface area contributed by atoms with Crippen molar-refractivity contribution in [1.29, 1.82) is 0 Å². The number of methoxy groups -OCH3 is 1. The van der Waals surface area contributed by atoms with E-state index in [-0.39, 0.29) is 0 Å². The number of benzene rings is 2. The standard InChI is InChI=1S/C17H21N3O2/c1-11-8-13(9-12(2)16(11)21)10-19-17(18)20-14-6-4-5-7-15(14)22-3/h4-9,21H,10H2,1-3H3,(H3,18,19,20).